The first-order valence-corrected chi connectivity index (χ1v) is 13.5. The molecule has 7 nitrogen and oxygen atoms in total. The van der Waals surface area contributed by atoms with Crippen molar-refractivity contribution in [3.8, 4) is 0 Å². The molecular formula is C31H39N3O4. The molecule has 2 aromatic rings. The number of carbonyl (C=O) groups excluding carboxylic acids is 4. The Balaban J connectivity index is 1.47. The fraction of sp³-hybridized carbons (Fsp3) is 0.484. The van der Waals surface area contributed by atoms with Gasteiger partial charge >= 0.3 is 0 Å². The Morgan fingerprint density at radius 2 is 1.63 bits per heavy atom. The van der Waals surface area contributed by atoms with Crippen molar-refractivity contribution in [2.45, 2.75) is 77.4 Å². The van der Waals surface area contributed by atoms with Crippen LogP contribution >= 0.6 is 0 Å². The molecule has 2 aliphatic heterocycles. The average molecular weight is 518 g/mol. The molecule has 4 rings (SSSR count). The minimum atomic E-state index is -0.745. The van der Waals surface area contributed by atoms with Crippen molar-refractivity contribution in [2.24, 2.45) is 5.92 Å². The molecule has 2 fully saturated rings. The molecule has 202 valence electrons. The lowest BCUT2D eigenvalue weighted by Gasteiger charge is -2.29. The van der Waals surface area contributed by atoms with Crippen LogP contribution < -0.4 is 5.32 Å². The lowest BCUT2D eigenvalue weighted by Crippen LogP contribution is -2.53. The number of hydrogen-bond donors (Lipinski definition) is 1. The standard InChI is InChI=1S/C31H39N3O4/c1-20(2)17-24(32-29(37)22-11-13-23(14-12-22)31(3,4)5)30(38)33-16-15-25-28(33)26(35)19-34(25)27(36)18-21-9-7-6-8-10-21/h6-14,20,24-25,28H,15-19H2,1-5H3,(H,32,37)/t24-,25+,28-/m0/s1. The van der Waals surface area contributed by atoms with Crippen molar-refractivity contribution < 1.29 is 19.2 Å². The fourth-order valence-corrected chi connectivity index (χ4v) is 5.52. The van der Waals surface area contributed by atoms with E-state index in [9.17, 15) is 19.2 Å². The van der Waals surface area contributed by atoms with Gasteiger partial charge in [-0.3, -0.25) is 19.2 Å². The summed E-state index contributed by atoms with van der Waals surface area (Å²) in [6.07, 6.45) is 1.24. The van der Waals surface area contributed by atoms with Crippen LogP contribution in [0.3, 0.4) is 0 Å². The van der Waals surface area contributed by atoms with Gasteiger partial charge in [0.2, 0.25) is 11.8 Å². The highest BCUT2D eigenvalue weighted by atomic mass is 16.2. The molecule has 0 saturated carbocycles. The van der Waals surface area contributed by atoms with Crippen molar-refractivity contribution >= 4 is 23.5 Å². The summed E-state index contributed by atoms with van der Waals surface area (Å²) in [6, 6.07) is 15.2. The van der Waals surface area contributed by atoms with Crippen molar-refractivity contribution in [1.82, 2.24) is 15.1 Å². The maximum Gasteiger partial charge on any atom is 0.251 e. The quantitative estimate of drug-likeness (QED) is 0.606. The van der Waals surface area contributed by atoms with Gasteiger partial charge in [-0.1, -0.05) is 77.1 Å². The van der Waals surface area contributed by atoms with Crippen LogP contribution in [-0.2, 0) is 26.2 Å². The molecule has 2 aromatic carbocycles. The maximum absolute atomic E-state index is 13.7. The molecule has 0 radical (unpaired) electrons. The number of carbonyl (C=O) groups is 4. The lowest BCUT2D eigenvalue weighted by molar-refractivity contribution is -0.138. The first-order valence-electron chi connectivity index (χ1n) is 13.5. The molecule has 38 heavy (non-hydrogen) atoms. The molecular weight excluding hydrogens is 478 g/mol. The molecule has 7 heteroatoms. The summed E-state index contributed by atoms with van der Waals surface area (Å²) >= 11 is 0. The van der Waals surface area contributed by atoms with Gasteiger partial charge in [-0.2, -0.15) is 0 Å². The second kappa shape index (κ2) is 11.1. The Labute approximate surface area is 225 Å². The Morgan fingerprint density at radius 3 is 2.24 bits per heavy atom. The van der Waals surface area contributed by atoms with Crippen molar-refractivity contribution in [2.75, 3.05) is 13.1 Å². The number of rotatable bonds is 7. The molecule has 1 N–H and O–H groups in total. The van der Waals surface area contributed by atoms with Crippen LogP contribution in [0.5, 0.6) is 0 Å². The third kappa shape index (κ3) is 5.98. The first kappa shape index (κ1) is 27.6. The van der Waals surface area contributed by atoms with Gasteiger partial charge in [0.1, 0.15) is 12.1 Å². The molecule has 0 unspecified atom stereocenters. The summed E-state index contributed by atoms with van der Waals surface area (Å²) in [5.74, 6) is -0.616. The highest BCUT2D eigenvalue weighted by Gasteiger charge is 2.52. The number of amides is 3. The normalized spacial score (nSPS) is 20.0. The number of likely N-dealkylation sites (tertiary alicyclic amines) is 2. The summed E-state index contributed by atoms with van der Waals surface area (Å²) in [5, 5.41) is 2.94. The van der Waals surface area contributed by atoms with E-state index in [1.165, 1.54) is 0 Å². The number of ketones is 1. The van der Waals surface area contributed by atoms with E-state index in [0.717, 1.165) is 11.1 Å². The monoisotopic (exact) mass is 517 g/mol. The summed E-state index contributed by atoms with van der Waals surface area (Å²) in [6.45, 7) is 10.8. The van der Waals surface area contributed by atoms with Crippen molar-refractivity contribution in [3.63, 3.8) is 0 Å². The summed E-state index contributed by atoms with van der Waals surface area (Å²) in [5.41, 5.74) is 2.49. The number of hydrogen-bond acceptors (Lipinski definition) is 4. The van der Waals surface area contributed by atoms with Gasteiger partial charge in [0.05, 0.1) is 19.0 Å². The van der Waals surface area contributed by atoms with E-state index in [1.807, 2.05) is 56.3 Å². The molecule has 2 heterocycles. The molecule has 3 atom stereocenters. The lowest BCUT2D eigenvalue weighted by atomic mass is 9.86. The van der Waals surface area contributed by atoms with Gasteiger partial charge < -0.3 is 15.1 Å². The van der Waals surface area contributed by atoms with Crippen LogP contribution in [0.15, 0.2) is 54.6 Å². The Morgan fingerprint density at radius 1 is 0.974 bits per heavy atom. The minimum absolute atomic E-state index is 0.0200. The first-order chi connectivity index (χ1) is 18.0. The number of nitrogens with one attached hydrogen (secondary N) is 1. The second-order valence-corrected chi connectivity index (χ2v) is 12.0. The van der Waals surface area contributed by atoms with Crippen LogP contribution in [-0.4, -0.2) is 64.5 Å². The SMILES string of the molecule is CC(C)C[C@H](NC(=O)c1ccc(C(C)(C)C)cc1)C(=O)N1CC[C@@H]2[C@H]1C(=O)CN2C(=O)Cc1ccccc1. The molecule has 2 saturated heterocycles. The number of benzene rings is 2. The predicted molar refractivity (Wildman–Crippen MR) is 147 cm³/mol. The van der Waals surface area contributed by atoms with Crippen molar-refractivity contribution in [3.05, 3.63) is 71.3 Å². The summed E-state index contributed by atoms with van der Waals surface area (Å²) in [4.78, 5) is 56.2. The van der Waals surface area contributed by atoms with Gasteiger partial charge in [0, 0.05) is 12.1 Å². The van der Waals surface area contributed by atoms with Gasteiger partial charge in [0.15, 0.2) is 5.78 Å². The summed E-state index contributed by atoms with van der Waals surface area (Å²) < 4.78 is 0. The molecule has 0 spiro atoms. The maximum atomic E-state index is 13.7. The molecule has 0 aliphatic carbocycles. The van der Waals surface area contributed by atoms with Crippen LogP contribution in [0.1, 0.15) is 68.9 Å². The highest BCUT2D eigenvalue weighted by Crippen LogP contribution is 2.31. The second-order valence-electron chi connectivity index (χ2n) is 12.0. The minimum Gasteiger partial charge on any atom is -0.340 e. The number of nitrogens with zero attached hydrogens (tertiary/aromatic N) is 2. The van der Waals surface area contributed by atoms with Crippen LogP contribution in [0.2, 0.25) is 0 Å². The largest absolute Gasteiger partial charge is 0.340 e. The molecule has 2 aliphatic rings. The van der Waals surface area contributed by atoms with Gasteiger partial charge in [-0.05, 0) is 47.4 Å². The molecule has 3 amide bonds. The predicted octanol–water partition coefficient (Wildman–Crippen LogP) is 3.75. The van der Waals surface area contributed by atoms with Crippen molar-refractivity contribution in [1.29, 1.82) is 0 Å². The number of fused-ring (bicyclic) bond motifs is 1. The topological polar surface area (TPSA) is 86.8 Å². The summed E-state index contributed by atoms with van der Waals surface area (Å²) in [7, 11) is 0. The Hall–Kier alpha value is -3.48. The third-order valence-corrected chi connectivity index (χ3v) is 7.55. The van der Waals surface area contributed by atoms with E-state index < -0.39 is 12.1 Å². The molecule has 0 aromatic heterocycles. The van der Waals surface area contributed by atoms with Gasteiger partial charge in [0.25, 0.3) is 5.91 Å². The van der Waals surface area contributed by atoms with E-state index in [0.29, 0.717) is 24.9 Å². The van der Waals surface area contributed by atoms with Gasteiger partial charge in [-0.15, -0.1) is 0 Å². The molecule has 0 bridgehead atoms. The van der Waals surface area contributed by atoms with E-state index in [2.05, 4.69) is 26.1 Å². The Bertz CT molecular complexity index is 1180. The van der Waals surface area contributed by atoms with Crippen LogP contribution in [0.25, 0.3) is 0 Å². The zero-order chi connectivity index (χ0) is 27.6. The Kier molecular flexibility index (Phi) is 8.05. The van der Waals surface area contributed by atoms with Gasteiger partial charge in [-0.25, -0.2) is 0 Å². The fourth-order valence-electron chi connectivity index (χ4n) is 5.52. The average Bonchev–Trinajstić information content (AvgIpc) is 3.44. The smallest absolute Gasteiger partial charge is 0.251 e. The van der Waals surface area contributed by atoms with E-state index in [1.54, 1.807) is 21.9 Å². The van der Waals surface area contributed by atoms with E-state index in [4.69, 9.17) is 0 Å². The van der Waals surface area contributed by atoms with Crippen LogP contribution in [0.4, 0.5) is 0 Å². The van der Waals surface area contributed by atoms with Crippen LogP contribution in [0, 0.1) is 5.92 Å². The number of Topliss-reactive ketones (excluding diaryl/α,β-unsaturated/α-hetero) is 1. The zero-order valence-corrected chi connectivity index (χ0v) is 23.1. The highest BCUT2D eigenvalue weighted by molar-refractivity contribution is 6.01. The van der Waals surface area contributed by atoms with E-state index >= 15 is 0 Å². The van der Waals surface area contributed by atoms with E-state index in [-0.39, 0.29) is 53.8 Å². The zero-order valence-electron chi connectivity index (χ0n) is 23.1. The third-order valence-electron chi connectivity index (χ3n) is 7.55.